The molecule has 0 aliphatic carbocycles. The third-order valence-corrected chi connectivity index (χ3v) is 8.37. The van der Waals surface area contributed by atoms with Crippen LogP contribution in [0.15, 0.2) is 0 Å². The largest absolute Gasteiger partial charge is 0.462 e. The van der Waals surface area contributed by atoms with E-state index >= 15 is 0 Å². The number of carbonyl (C=O) groups is 2. The molecule has 0 aliphatic heterocycles. The number of esters is 2. The van der Waals surface area contributed by atoms with E-state index in [1.807, 2.05) is 0 Å². The van der Waals surface area contributed by atoms with Crippen LogP contribution in [0.1, 0.15) is 188 Å². The Balaban J connectivity index is 3.53. The number of aliphatic hydroxyl groups excluding tert-OH is 1. The first-order valence-corrected chi connectivity index (χ1v) is 17.8. The molecule has 5 nitrogen and oxygen atoms in total. The fourth-order valence-electron chi connectivity index (χ4n) is 5.24. The Morgan fingerprint density at radius 1 is 0.561 bits per heavy atom. The lowest BCUT2D eigenvalue weighted by molar-refractivity contribution is -0.161. The summed E-state index contributed by atoms with van der Waals surface area (Å²) in [6.07, 6.45) is 28.8. The van der Waals surface area contributed by atoms with Crippen molar-refractivity contribution in [3.8, 4) is 0 Å². The first-order chi connectivity index (χ1) is 19.9. The molecule has 5 heteroatoms. The molecule has 0 saturated carbocycles. The van der Waals surface area contributed by atoms with Crippen LogP contribution in [0.5, 0.6) is 0 Å². The topological polar surface area (TPSA) is 72.8 Å². The van der Waals surface area contributed by atoms with E-state index < -0.39 is 6.10 Å². The Kier molecular flexibility index (Phi) is 29.5. The molecule has 0 aliphatic rings. The van der Waals surface area contributed by atoms with E-state index in [1.54, 1.807) is 0 Å². The summed E-state index contributed by atoms with van der Waals surface area (Å²) in [6.45, 7) is 8.81. The molecule has 1 unspecified atom stereocenters. The Bertz CT molecular complexity index is 576. The molecule has 0 fully saturated rings. The minimum Gasteiger partial charge on any atom is -0.462 e. The standard InChI is InChI=1S/C36H70O5/c1-5-33(4)27-23-19-16-17-20-24-28-35(38)40-31-34(30-37)41-36(39)29-25-21-15-13-11-9-7-6-8-10-12-14-18-22-26-32(2)3/h32-34,37H,5-31H2,1-4H3/t33?,34-/m0/s1. The molecule has 41 heavy (non-hydrogen) atoms. The first kappa shape index (κ1) is 39.9. The van der Waals surface area contributed by atoms with Crippen LogP contribution in [0.2, 0.25) is 0 Å². The zero-order valence-corrected chi connectivity index (χ0v) is 27.9. The SMILES string of the molecule is CCC(C)CCCCCCCCC(=O)OC[C@H](CO)OC(=O)CCCCCCCCCCCCCCCCC(C)C. The highest BCUT2D eigenvalue weighted by molar-refractivity contribution is 5.70. The second-order valence-electron chi connectivity index (χ2n) is 13.0. The highest BCUT2D eigenvalue weighted by Crippen LogP contribution is 2.16. The normalized spacial score (nSPS) is 12.9. The summed E-state index contributed by atoms with van der Waals surface area (Å²) < 4.78 is 10.6. The van der Waals surface area contributed by atoms with Gasteiger partial charge in [-0.1, -0.05) is 163 Å². The predicted molar refractivity (Wildman–Crippen MR) is 173 cm³/mol. The van der Waals surface area contributed by atoms with E-state index in [2.05, 4.69) is 27.7 Å². The monoisotopic (exact) mass is 583 g/mol. The van der Waals surface area contributed by atoms with Crippen molar-refractivity contribution in [1.29, 1.82) is 0 Å². The molecule has 0 aromatic heterocycles. The van der Waals surface area contributed by atoms with E-state index in [1.165, 1.54) is 109 Å². The number of unbranched alkanes of at least 4 members (excludes halogenated alkanes) is 18. The fraction of sp³-hybridized carbons (Fsp3) is 0.944. The van der Waals surface area contributed by atoms with Gasteiger partial charge in [0.2, 0.25) is 0 Å². The van der Waals surface area contributed by atoms with Crippen LogP contribution in [0.25, 0.3) is 0 Å². The van der Waals surface area contributed by atoms with E-state index in [-0.39, 0.29) is 25.2 Å². The number of hydrogen-bond acceptors (Lipinski definition) is 5. The van der Waals surface area contributed by atoms with Gasteiger partial charge < -0.3 is 14.6 Å². The van der Waals surface area contributed by atoms with Crippen LogP contribution in [-0.4, -0.2) is 36.4 Å². The molecule has 244 valence electrons. The van der Waals surface area contributed by atoms with Gasteiger partial charge in [0, 0.05) is 12.8 Å². The first-order valence-electron chi connectivity index (χ1n) is 17.8. The van der Waals surface area contributed by atoms with Crippen molar-refractivity contribution in [3.63, 3.8) is 0 Å². The second-order valence-corrected chi connectivity index (χ2v) is 13.0. The van der Waals surface area contributed by atoms with Crippen molar-refractivity contribution in [2.45, 2.75) is 194 Å². The number of hydrogen-bond donors (Lipinski definition) is 1. The van der Waals surface area contributed by atoms with Gasteiger partial charge in [-0.2, -0.15) is 0 Å². The van der Waals surface area contributed by atoms with Crippen molar-refractivity contribution < 1.29 is 24.2 Å². The lowest BCUT2D eigenvalue weighted by Gasteiger charge is -2.15. The minimum absolute atomic E-state index is 0.0605. The molecule has 0 saturated heterocycles. The smallest absolute Gasteiger partial charge is 0.306 e. The predicted octanol–water partition coefficient (Wildman–Crippen LogP) is 10.5. The summed E-state index contributed by atoms with van der Waals surface area (Å²) in [5.74, 6) is 1.09. The second kappa shape index (κ2) is 30.4. The summed E-state index contributed by atoms with van der Waals surface area (Å²) in [5, 5.41) is 9.51. The molecular formula is C36H70O5. The van der Waals surface area contributed by atoms with Crippen molar-refractivity contribution in [1.82, 2.24) is 0 Å². The maximum absolute atomic E-state index is 12.1. The molecule has 2 atom stereocenters. The quantitative estimate of drug-likeness (QED) is 0.0650. The Labute approximate surface area is 255 Å². The molecule has 0 aromatic carbocycles. The van der Waals surface area contributed by atoms with Crippen molar-refractivity contribution in [2.75, 3.05) is 13.2 Å². The van der Waals surface area contributed by atoms with Gasteiger partial charge in [0.25, 0.3) is 0 Å². The van der Waals surface area contributed by atoms with Crippen LogP contribution < -0.4 is 0 Å². The number of carbonyl (C=O) groups excluding carboxylic acids is 2. The molecule has 0 aromatic rings. The van der Waals surface area contributed by atoms with Gasteiger partial charge in [0.1, 0.15) is 6.61 Å². The fourth-order valence-corrected chi connectivity index (χ4v) is 5.24. The lowest BCUT2D eigenvalue weighted by Crippen LogP contribution is -2.28. The van der Waals surface area contributed by atoms with Crippen LogP contribution >= 0.6 is 0 Å². The summed E-state index contributed by atoms with van der Waals surface area (Å²) in [7, 11) is 0. The molecule has 0 radical (unpaired) electrons. The van der Waals surface area contributed by atoms with Crippen LogP contribution in [0, 0.1) is 11.8 Å². The van der Waals surface area contributed by atoms with Gasteiger partial charge in [-0.05, 0) is 24.7 Å². The van der Waals surface area contributed by atoms with Crippen molar-refractivity contribution >= 4 is 11.9 Å². The zero-order valence-electron chi connectivity index (χ0n) is 27.9. The third kappa shape index (κ3) is 30.2. The van der Waals surface area contributed by atoms with Crippen LogP contribution in [0.3, 0.4) is 0 Å². The van der Waals surface area contributed by atoms with Crippen LogP contribution in [0.4, 0.5) is 0 Å². The number of rotatable bonds is 31. The third-order valence-electron chi connectivity index (χ3n) is 8.37. The molecule has 0 spiro atoms. The van der Waals surface area contributed by atoms with Gasteiger partial charge in [0.15, 0.2) is 6.10 Å². The molecule has 0 heterocycles. The Morgan fingerprint density at radius 2 is 0.951 bits per heavy atom. The Hall–Kier alpha value is -1.10. The molecular weight excluding hydrogens is 512 g/mol. The average molecular weight is 583 g/mol. The Morgan fingerprint density at radius 3 is 1.37 bits per heavy atom. The lowest BCUT2D eigenvalue weighted by atomic mass is 10.00. The van der Waals surface area contributed by atoms with Crippen LogP contribution in [-0.2, 0) is 19.1 Å². The zero-order chi connectivity index (χ0) is 30.4. The molecule has 0 bridgehead atoms. The summed E-state index contributed by atoms with van der Waals surface area (Å²) in [4.78, 5) is 24.1. The van der Waals surface area contributed by atoms with Gasteiger partial charge in [0.05, 0.1) is 6.61 Å². The number of aliphatic hydroxyl groups is 1. The molecule has 0 rings (SSSR count). The van der Waals surface area contributed by atoms with E-state index in [0.717, 1.165) is 50.4 Å². The number of ether oxygens (including phenoxy) is 2. The van der Waals surface area contributed by atoms with E-state index in [4.69, 9.17) is 9.47 Å². The summed E-state index contributed by atoms with van der Waals surface area (Å²) >= 11 is 0. The van der Waals surface area contributed by atoms with Crippen molar-refractivity contribution in [2.24, 2.45) is 11.8 Å². The highest BCUT2D eigenvalue weighted by Gasteiger charge is 2.16. The molecule has 1 N–H and O–H groups in total. The average Bonchev–Trinajstić information content (AvgIpc) is 2.95. The minimum atomic E-state index is -0.762. The van der Waals surface area contributed by atoms with E-state index in [9.17, 15) is 14.7 Å². The summed E-state index contributed by atoms with van der Waals surface area (Å²) in [6, 6.07) is 0. The molecule has 0 amide bonds. The van der Waals surface area contributed by atoms with Crippen molar-refractivity contribution in [3.05, 3.63) is 0 Å². The van der Waals surface area contributed by atoms with E-state index in [0.29, 0.717) is 12.8 Å². The van der Waals surface area contributed by atoms with Gasteiger partial charge in [-0.25, -0.2) is 0 Å². The van der Waals surface area contributed by atoms with Gasteiger partial charge >= 0.3 is 11.9 Å². The maximum Gasteiger partial charge on any atom is 0.306 e. The van der Waals surface area contributed by atoms with Gasteiger partial charge in [-0.15, -0.1) is 0 Å². The maximum atomic E-state index is 12.1. The highest BCUT2D eigenvalue weighted by atomic mass is 16.6. The van der Waals surface area contributed by atoms with Gasteiger partial charge in [-0.3, -0.25) is 9.59 Å². The summed E-state index contributed by atoms with van der Waals surface area (Å²) in [5.41, 5.74) is 0.